The number of sulfonamides is 1. The lowest BCUT2D eigenvalue weighted by atomic mass is 9.87. The molecule has 102 valence electrons. The summed E-state index contributed by atoms with van der Waals surface area (Å²) in [5.74, 6) is 0.949. The van der Waals surface area contributed by atoms with E-state index in [1.165, 1.54) is 32.1 Å². The normalized spacial score (nSPS) is 18.4. The predicted molar refractivity (Wildman–Crippen MR) is 71.3 cm³/mol. The smallest absolute Gasteiger partial charge is 0.211 e. The first-order valence-corrected chi connectivity index (χ1v) is 8.46. The van der Waals surface area contributed by atoms with E-state index in [0.717, 1.165) is 18.8 Å². The van der Waals surface area contributed by atoms with Gasteiger partial charge < -0.3 is 5.73 Å². The van der Waals surface area contributed by atoms with Crippen LogP contribution < -0.4 is 10.5 Å². The summed E-state index contributed by atoms with van der Waals surface area (Å²) in [6, 6.07) is 0. The van der Waals surface area contributed by atoms with Crippen LogP contribution in [0.3, 0.4) is 0 Å². The second-order valence-electron chi connectivity index (χ2n) is 5.00. The molecule has 1 aliphatic rings. The van der Waals surface area contributed by atoms with Gasteiger partial charge in [0.15, 0.2) is 0 Å². The van der Waals surface area contributed by atoms with E-state index >= 15 is 0 Å². The fraction of sp³-hybridized carbons (Fsp3) is 1.00. The topological polar surface area (TPSA) is 72.2 Å². The van der Waals surface area contributed by atoms with E-state index in [0.29, 0.717) is 19.5 Å². The van der Waals surface area contributed by atoms with Crippen LogP contribution in [-0.4, -0.2) is 27.3 Å². The highest BCUT2D eigenvalue weighted by atomic mass is 32.2. The van der Waals surface area contributed by atoms with Crippen LogP contribution in [0.2, 0.25) is 0 Å². The monoisotopic (exact) mass is 262 g/mol. The van der Waals surface area contributed by atoms with Crippen LogP contribution in [0.5, 0.6) is 0 Å². The molecule has 4 nitrogen and oxygen atoms in total. The van der Waals surface area contributed by atoms with Crippen molar-refractivity contribution in [3.05, 3.63) is 0 Å². The molecule has 1 aliphatic carbocycles. The molecular formula is C12H26N2O2S. The molecule has 0 aromatic rings. The molecule has 0 bridgehead atoms. The average Bonchev–Trinajstić information content (AvgIpc) is 2.30. The number of nitrogens with one attached hydrogen (secondary N) is 1. The zero-order valence-electron chi connectivity index (χ0n) is 10.7. The number of unbranched alkanes of at least 4 members (excludes halogenated alkanes) is 1. The number of hydrogen-bond acceptors (Lipinski definition) is 3. The van der Waals surface area contributed by atoms with Crippen molar-refractivity contribution in [3.8, 4) is 0 Å². The van der Waals surface area contributed by atoms with Crippen LogP contribution in [0.15, 0.2) is 0 Å². The van der Waals surface area contributed by atoms with Gasteiger partial charge in [-0.2, -0.15) is 0 Å². The van der Waals surface area contributed by atoms with Crippen molar-refractivity contribution in [1.29, 1.82) is 0 Å². The van der Waals surface area contributed by atoms with Crippen molar-refractivity contribution in [2.24, 2.45) is 11.7 Å². The summed E-state index contributed by atoms with van der Waals surface area (Å²) >= 11 is 0. The maximum atomic E-state index is 11.6. The number of rotatable bonds is 8. The van der Waals surface area contributed by atoms with E-state index in [2.05, 4.69) is 4.72 Å². The lowest BCUT2D eigenvalue weighted by molar-refractivity contribution is 0.339. The van der Waals surface area contributed by atoms with Gasteiger partial charge in [0.1, 0.15) is 0 Å². The minimum absolute atomic E-state index is 0.217. The Hall–Kier alpha value is -0.130. The Kier molecular flexibility index (Phi) is 7.08. The zero-order chi connectivity index (χ0) is 12.6. The van der Waals surface area contributed by atoms with Gasteiger partial charge in [-0.05, 0) is 31.7 Å². The van der Waals surface area contributed by atoms with E-state index in [1.807, 2.05) is 0 Å². The molecule has 5 heteroatoms. The van der Waals surface area contributed by atoms with Crippen molar-refractivity contribution in [3.63, 3.8) is 0 Å². The van der Waals surface area contributed by atoms with Crippen molar-refractivity contribution in [2.45, 2.75) is 51.4 Å². The maximum absolute atomic E-state index is 11.6. The first kappa shape index (κ1) is 14.9. The van der Waals surface area contributed by atoms with Crippen LogP contribution in [0.1, 0.15) is 51.4 Å². The largest absolute Gasteiger partial charge is 0.330 e. The Morgan fingerprint density at radius 1 is 1.12 bits per heavy atom. The molecule has 0 heterocycles. The standard InChI is InChI=1S/C12H26N2O2S/c13-9-4-5-11-17(15,16)14-10-8-12-6-2-1-3-7-12/h12,14H,1-11,13H2. The van der Waals surface area contributed by atoms with Gasteiger partial charge in [-0.25, -0.2) is 13.1 Å². The third-order valence-corrected chi connectivity index (χ3v) is 4.94. The second-order valence-corrected chi connectivity index (χ2v) is 6.93. The van der Waals surface area contributed by atoms with Gasteiger partial charge in [0, 0.05) is 6.54 Å². The molecule has 0 spiro atoms. The summed E-state index contributed by atoms with van der Waals surface area (Å²) in [4.78, 5) is 0. The highest BCUT2D eigenvalue weighted by Crippen LogP contribution is 2.25. The minimum Gasteiger partial charge on any atom is -0.330 e. The fourth-order valence-electron chi connectivity index (χ4n) is 2.40. The number of hydrogen-bond donors (Lipinski definition) is 2. The first-order valence-electron chi connectivity index (χ1n) is 6.81. The molecule has 1 fully saturated rings. The number of nitrogens with two attached hydrogens (primary N) is 1. The molecule has 0 aliphatic heterocycles. The van der Waals surface area contributed by atoms with Crippen LogP contribution in [-0.2, 0) is 10.0 Å². The molecule has 0 amide bonds. The van der Waals surface area contributed by atoms with E-state index in [1.54, 1.807) is 0 Å². The Bertz CT molecular complexity index is 285. The third kappa shape index (κ3) is 7.01. The van der Waals surface area contributed by atoms with E-state index < -0.39 is 10.0 Å². The quantitative estimate of drug-likeness (QED) is 0.653. The molecule has 0 aromatic heterocycles. The fourth-order valence-corrected chi connectivity index (χ4v) is 3.56. The van der Waals surface area contributed by atoms with Crippen molar-refractivity contribution >= 4 is 10.0 Å². The highest BCUT2D eigenvalue weighted by molar-refractivity contribution is 7.89. The highest BCUT2D eigenvalue weighted by Gasteiger charge is 2.14. The van der Waals surface area contributed by atoms with Crippen LogP contribution in [0.4, 0.5) is 0 Å². The summed E-state index contributed by atoms with van der Waals surface area (Å²) in [5, 5.41) is 0. The Morgan fingerprint density at radius 3 is 2.47 bits per heavy atom. The molecule has 17 heavy (non-hydrogen) atoms. The van der Waals surface area contributed by atoms with E-state index in [9.17, 15) is 8.42 Å². The van der Waals surface area contributed by atoms with Gasteiger partial charge in [0.05, 0.1) is 5.75 Å². The van der Waals surface area contributed by atoms with Gasteiger partial charge >= 0.3 is 0 Å². The summed E-state index contributed by atoms with van der Waals surface area (Å²) in [5.41, 5.74) is 5.34. The van der Waals surface area contributed by atoms with E-state index in [4.69, 9.17) is 5.73 Å². The molecule has 1 rings (SSSR count). The molecule has 0 saturated heterocycles. The third-order valence-electron chi connectivity index (χ3n) is 3.47. The SMILES string of the molecule is NCCCCS(=O)(=O)NCCC1CCCCC1. The summed E-state index contributed by atoms with van der Waals surface area (Å²) in [7, 11) is -3.06. The first-order chi connectivity index (χ1) is 8.14. The van der Waals surface area contributed by atoms with Gasteiger partial charge in [-0.1, -0.05) is 32.1 Å². The average molecular weight is 262 g/mol. The second kappa shape index (κ2) is 8.06. The molecular weight excluding hydrogens is 236 g/mol. The van der Waals surface area contributed by atoms with Crippen LogP contribution in [0.25, 0.3) is 0 Å². The molecule has 0 unspecified atom stereocenters. The van der Waals surface area contributed by atoms with Crippen LogP contribution in [0, 0.1) is 5.92 Å². The molecule has 0 atom stereocenters. The summed E-state index contributed by atoms with van der Waals surface area (Å²) in [6.07, 6.45) is 8.96. The van der Waals surface area contributed by atoms with Gasteiger partial charge in [0.2, 0.25) is 10.0 Å². The Morgan fingerprint density at radius 2 is 1.82 bits per heavy atom. The van der Waals surface area contributed by atoms with Crippen molar-refractivity contribution in [2.75, 3.05) is 18.8 Å². The van der Waals surface area contributed by atoms with Gasteiger partial charge in [0.25, 0.3) is 0 Å². The Balaban J connectivity index is 2.11. The van der Waals surface area contributed by atoms with Gasteiger partial charge in [-0.3, -0.25) is 0 Å². The Labute approximate surface area is 105 Å². The lowest BCUT2D eigenvalue weighted by Crippen LogP contribution is -2.29. The summed E-state index contributed by atoms with van der Waals surface area (Å²) in [6.45, 7) is 1.17. The maximum Gasteiger partial charge on any atom is 0.211 e. The molecule has 0 aromatic carbocycles. The molecule has 0 radical (unpaired) electrons. The van der Waals surface area contributed by atoms with Crippen LogP contribution >= 0.6 is 0 Å². The lowest BCUT2D eigenvalue weighted by Gasteiger charge is -2.21. The van der Waals surface area contributed by atoms with E-state index in [-0.39, 0.29) is 5.75 Å². The van der Waals surface area contributed by atoms with Crippen molar-refractivity contribution in [1.82, 2.24) is 4.72 Å². The molecule has 1 saturated carbocycles. The van der Waals surface area contributed by atoms with Gasteiger partial charge in [-0.15, -0.1) is 0 Å². The minimum atomic E-state index is -3.06. The molecule has 3 N–H and O–H groups in total. The van der Waals surface area contributed by atoms with Crippen molar-refractivity contribution < 1.29 is 8.42 Å². The summed E-state index contributed by atoms with van der Waals surface area (Å²) < 4.78 is 25.9. The zero-order valence-corrected chi connectivity index (χ0v) is 11.5. The predicted octanol–water partition coefficient (Wildman–Crippen LogP) is 1.62.